The number of aromatic nitrogens is 1. The van der Waals surface area contributed by atoms with Crippen molar-refractivity contribution in [3.63, 3.8) is 0 Å². The highest BCUT2D eigenvalue weighted by atomic mass is 35.5. The molecular formula is C10H13ClN2S. The molecule has 0 radical (unpaired) electrons. The number of thiol groups is 1. The molecule has 0 spiro atoms. The third-order valence-corrected chi connectivity index (χ3v) is 3.45. The zero-order valence-electron chi connectivity index (χ0n) is 7.78. The van der Waals surface area contributed by atoms with Crippen molar-refractivity contribution in [2.75, 3.05) is 18.8 Å². The summed E-state index contributed by atoms with van der Waals surface area (Å²) in [6, 6.07) is 3.91. The summed E-state index contributed by atoms with van der Waals surface area (Å²) in [6.07, 6.45) is 1.87. The summed E-state index contributed by atoms with van der Waals surface area (Å²) >= 11 is 10.1. The molecule has 1 aliphatic rings. The van der Waals surface area contributed by atoms with Gasteiger partial charge in [0.05, 0.1) is 0 Å². The van der Waals surface area contributed by atoms with Crippen LogP contribution >= 0.6 is 24.2 Å². The minimum atomic E-state index is 0.539. The number of nitrogens with zero attached hydrogens (tertiary/aromatic N) is 1. The second kappa shape index (κ2) is 4.51. The van der Waals surface area contributed by atoms with Gasteiger partial charge in [0.2, 0.25) is 0 Å². The topological polar surface area (TPSA) is 24.9 Å². The summed E-state index contributed by atoms with van der Waals surface area (Å²) < 4.78 is 0. The molecule has 1 aromatic rings. The quantitative estimate of drug-likeness (QED) is 0.598. The maximum absolute atomic E-state index is 5.75. The number of hydrogen-bond acceptors (Lipinski definition) is 3. The molecule has 0 saturated carbocycles. The van der Waals surface area contributed by atoms with E-state index in [1.165, 1.54) is 5.56 Å². The van der Waals surface area contributed by atoms with Crippen LogP contribution in [0.4, 0.5) is 0 Å². The predicted molar refractivity (Wildman–Crippen MR) is 62.2 cm³/mol. The first kappa shape index (κ1) is 10.3. The Morgan fingerprint density at radius 2 is 2.36 bits per heavy atom. The van der Waals surface area contributed by atoms with E-state index in [2.05, 4.69) is 29.0 Å². The first-order chi connectivity index (χ1) is 6.81. The fourth-order valence-electron chi connectivity index (χ4n) is 1.92. The van der Waals surface area contributed by atoms with Crippen molar-refractivity contribution in [1.29, 1.82) is 0 Å². The summed E-state index contributed by atoms with van der Waals surface area (Å²) in [7, 11) is 0. The Labute approximate surface area is 94.5 Å². The van der Waals surface area contributed by atoms with Crippen molar-refractivity contribution < 1.29 is 0 Å². The van der Waals surface area contributed by atoms with Gasteiger partial charge in [0.25, 0.3) is 0 Å². The monoisotopic (exact) mass is 228 g/mol. The van der Waals surface area contributed by atoms with E-state index in [1.807, 2.05) is 12.3 Å². The second-order valence-corrected chi connectivity index (χ2v) is 4.37. The summed E-state index contributed by atoms with van der Waals surface area (Å²) in [4.78, 5) is 4.11. The highest BCUT2D eigenvalue weighted by molar-refractivity contribution is 7.80. The van der Waals surface area contributed by atoms with Gasteiger partial charge < -0.3 is 5.32 Å². The van der Waals surface area contributed by atoms with Crippen LogP contribution < -0.4 is 5.32 Å². The van der Waals surface area contributed by atoms with Gasteiger partial charge in [0.15, 0.2) is 0 Å². The fraction of sp³-hybridized carbons (Fsp3) is 0.500. The lowest BCUT2D eigenvalue weighted by Crippen LogP contribution is -2.12. The highest BCUT2D eigenvalue weighted by Gasteiger charge is 2.27. The Morgan fingerprint density at radius 3 is 3.00 bits per heavy atom. The van der Waals surface area contributed by atoms with Gasteiger partial charge in [-0.1, -0.05) is 17.7 Å². The second-order valence-electron chi connectivity index (χ2n) is 3.62. The lowest BCUT2D eigenvalue weighted by Gasteiger charge is -2.16. The predicted octanol–water partition coefficient (Wildman–Crippen LogP) is 1.97. The van der Waals surface area contributed by atoms with E-state index in [0.717, 1.165) is 18.8 Å². The van der Waals surface area contributed by atoms with Crippen LogP contribution in [0.15, 0.2) is 18.3 Å². The molecule has 4 heteroatoms. The van der Waals surface area contributed by atoms with Crippen LogP contribution in [0, 0.1) is 5.92 Å². The summed E-state index contributed by atoms with van der Waals surface area (Å²) in [5, 5.41) is 3.93. The first-order valence-electron chi connectivity index (χ1n) is 4.74. The molecule has 1 fully saturated rings. The minimum Gasteiger partial charge on any atom is -0.316 e. The van der Waals surface area contributed by atoms with Crippen molar-refractivity contribution in [1.82, 2.24) is 10.3 Å². The third kappa shape index (κ3) is 2.05. The lowest BCUT2D eigenvalue weighted by molar-refractivity contribution is 0.581. The molecule has 2 heterocycles. The molecule has 0 amide bonds. The number of rotatable bonds is 2. The van der Waals surface area contributed by atoms with Gasteiger partial charge >= 0.3 is 0 Å². The van der Waals surface area contributed by atoms with Crippen LogP contribution in [0.3, 0.4) is 0 Å². The molecule has 0 aliphatic carbocycles. The van der Waals surface area contributed by atoms with Crippen molar-refractivity contribution in [2.45, 2.75) is 5.92 Å². The van der Waals surface area contributed by atoms with Gasteiger partial charge in [-0.3, -0.25) is 0 Å². The van der Waals surface area contributed by atoms with Crippen LogP contribution in [0.5, 0.6) is 0 Å². The highest BCUT2D eigenvalue weighted by Crippen LogP contribution is 2.28. The Bertz CT molecular complexity index is 301. The maximum Gasteiger partial charge on any atom is 0.129 e. The summed E-state index contributed by atoms with van der Waals surface area (Å²) in [6.45, 7) is 2.07. The Balaban J connectivity index is 2.17. The Kier molecular flexibility index (Phi) is 3.31. The number of pyridine rings is 1. The van der Waals surface area contributed by atoms with Gasteiger partial charge in [0, 0.05) is 18.7 Å². The van der Waals surface area contributed by atoms with E-state index in [1.54, 1.807) is 0 Å². The molecule has 2 nitrogen and oxygen atoms in total. The van der Waals surface area contributed by atoms with E-state index in [0.29, 0.717) is 17.0 Å². The smallest absolute Gasteiger partial charge is 0.129 e. The van der Waals surface area contributed by atoms with Crippen molar-refractivity contribution in [3.8, 4) is 0 Å². The van der Waals surface area contributed by atoms with Crippen molar-refractivity contribution in [2.24, 2.45) is 5.92 Å². The van der Waals surface area contributed by atoms with Gasteiger partial charge in [0.1, 0.15) is 5.15 Å². The molecule has 2 atom stereocenters. The van der Waals surface area contributed by atoms with Crippen LogP contribution in [-0.4, -0.2) is 23.8 Å². The lowest BCUT2D eigenvalue weighted by atomic mass is 9.91. The molecule has 0 bridgehead atoms. The molecule has 2 unspecified atom stereocenters. The normalized spacial score (nSPS) is 26.7. The Hall–Kier alpha value is -0.250. The molecule has 76 valence electrons. The standard InChI is InChI=1S/C10H13ClN2S/c11-10-2-1-7(4-13-10)9-5-12-3-8(9)6-14/h1-2,4,8-9,12,14H,3,5-6H2. The van der Waals surface area contributed by atoms with Gasteiger partial charge in [-0.05, 0) is 29.8 Å². The molecule has 1 saturated heterocycles. The Morgan fingerprint density at radius 1 is 1.50 bits per heavy atom. The van der Waals surface area contributed by atoms with Gasteiger partial charge in [-0.2, -0.15) is 12.6 Å². The molecule has 1 aromatic heterocycles. The summed E-state index contributed by atoms with van der Waals surface area (Å²) in [5.41, 5.74) is 1.26. The zero-order valence-corrected chi connectivity index (χ0v) is 9.43. The molecule has 1 N–H and O–H groups in total. The molecule has 1 aliphatic heterocycles. The van der Waals surface area contributed by atoms with E-state index in [-0.39, 0.29) is 0 Å². The van der Waals surface area contributed by atoms with E-state index >= 15 is 0 Å². The van der Waals surface area contributed by atoms with Crippen molar-refractivity contribution in [3.05, 3.63) is 29.0 Å². The van der Waals surface area contributed by atoms with Gasteiger partial charge in [-0.25, -0.2) is 4.98 Å². The third-order valence-electron chi connectivity index (χ3n) is 2.75. The number of hydrogen-bond donors (Lipinski definition) is 2. The number of nitrogens with one attached hydrogen (secondary N) is 1. The minimum absolute atomic E-state index is 0.539. The first-order valence-corrected chi connectivity index (χ1v) is 5.75. The average Bonchev–Trinajstić information content (AvgIpc) is 2.67. The van der Waals surface area contributed by atoms with Crippen LogP contribution in [0.25, 0.3) is 0 Å². The molecule has 0 aromatic carbocycles. The molecule has 14 heavy (non-hydrogen) atoms. The van der Waals surface area contributed by atoms with E-state index in [9.17, 15) is 0 Å². The van der Waals surface area contributed by atoms with E-state index < -0.39 is 0 Å². The maximum atomic E-state index is 5.75. The number of halogens is 1. The van der Waals surface area contributed by atoms with Crippen LogP contribution in [0.1, 0.15) is 11.5 Å². The van der Waals surface area contributed by atoms with Crippen LogP contribution in [-0.2, 0) is 0 Å². The summed E-state index contributed by atoms with van der Waals surface area (Å²) in [5.74, 6) is 2.07. The van der Waals surface area contributed by atoms with Gasteiger partial charge in [-0.15, -0.1) is 0 Å². The fourth-order valence-corrected chi connectivity index (χ4v) is 2.42. The SMILES string of the molecule is SCC1CNCC1c1ccc(Cl)nc1. The molecular weight excluding hydrogens is 216 g/mol. The zero-order chi connectivity index (χ0) is 9.97. The average molecular weight is 229 g/mol. The molecule has 2 rings (SSSR count). The van der Waals surface area contributed by atoms with Crippen LogP contribution in [0.2, 0.25) is 5.15 Å². The largest absolute Gasteiger partial charge is 0.316 e. The van der Waals surface area contributed by atoms with E-state index in [4.69, 9.17) is 11.6 Å². The van der Waals surface area contributed by atoms with Crippen molar-refractivity contribution >= 4 is 24.2 Å².